The van der Waals surface area contributed by atoms with Crippen molar-refractivity contribution in [2.45, 2.75) is 0 Å². The van der Waals surface area contributed by atoms with Crippen molar-refractivity contribution in [2.75, 3.05) is 0 Å². The topological polar surface area (TPSA) is 32.6 Å². The minimum absolute atomic E-state index is 0.0931. The predicted molar refractivity (Wildman–Crippen MR) is 43.7 cm³/mol. The molecule has 1 rings (SSSR count). The molecule has 0 spiro atoms. The number of halogens is 2. The average molecular weight is 218 g/mol. The van der Waals surface area contributed by atoms with Crippen LogP contribution in [0.25, 0.3) is 0 Å². The van der Waals surface area contributed by atoms with Crippen molar-refractivity contribution in [1.82, 2.24) is 0 Å². The molecule has 0 radical (unpaired) electrons. The molecule has 11 heavy (non-hydrogen) atoms. The van der Waals surface area contributed by atoms with E-state index in [0.29, 0.717) is 0 Å². The Morgan fingerprint density at radius 2 is 2.09 bits per heavy atom. The van der Waals surface area contributed by atoms with E-state index in [1.165, 1.54) is 12.1 Å². The van der Waals surface area contributed by atoms with Gasteiger partial charge in [-0.05, 0) is 28.1 Å². The third-order valence-electron chi connectivity index (χ3n) is 1.18. The lowest BCUT2D eigenvalue weighted by molar-refractivity contribution is 0.321. The molecule has 0 unspecified atom stereocenters. The van der Waals surface area contributed by atoms with Gasteiger partial charge in [-0.15, -0.1) is 0 Å². The van der Waals surface area contributed by atoms with Gasteiger partial charge in [0.2, 0.25) is 0 Å². The highest BCUT2D eigenvalue weighted by Gasteiger charge is 2.04. The molecule has 4 heteroatoms. The normalized spacial score (nSPS) is 11.6. The highest BCUT2D eigenvalue weighted by Crippen LogP contribution is 2.10. The monoisotopic (exact) mass is 217 g/mol. The molecule has 1 N–H and O–H groups in total. The highest BCUT2D eigenvalue weighted by molar-refractivity contribution is 9.18. The van der Waals surface area contributed by atoms with E-state index in [2.05, 4.69) is 21.1 Å². The van der Waals surface area contributed by atoms with E-state index in [1.54, 1.807) is 12.1 Å². The summed E-state index contributed by atoms with van der Waals surface area (Å²) in [5, 5.41) is 11.1. The summed E-state index contributed by atoms with van der Waals surface area (Å²) in [6, 6.07) is 6.03. The second-order valence-corrected chi connectivity index (χ2v) is 2.62. The summed E-state index contributed by atoms with van der Waals surface area (Å²) in [6.45, 7) is 0. The van der Waals surface area contributed by atoms with Crippen molar-refractivity contribution in [3.05, 3.63) is 35.6 Å². The van der Waals surface area contributed by atoms with Crippen LogP contribution >= 0.6 is 15.9 Å². The minimum atomic E-state index is -0.419. The van der Waals surface area contributed by atoms with Crippen LogP contribution in [0.2, 0.25) is 0 Å². The van der Waals surface area contributed by atoms with Gasteiger partial charge >= 0.3 is 0 Å². The molecular weight excluding hydrogens is 213 g/mol. The maximum Gasteiger partial charge on any atom is 0.155 e. The first-order valence-corrected chi connectivity index (χ1v) is 3.67. The summed E-state index contributed by atoms with van der Waals surface area (Å²) in [5.41, 5.74) is 0.245. The Labute approximate surface area is 71.5 Å². The van der Waals surface area contributed by atoms with Crippen molar-refractivity contribution >= 4 is 20.6 Å². The zero-order valence-corrected chi connectivity index (χ0v) is 7.05. The van der Waals surface area contributed by atoms with Crippen molar-refractivity contribution in [2.24, 2.45) is 5.16 Å². The molecule has 58 valence electrons. The van der Waals surface area contributed by atoms with Gasteiger partial charge in [-0.3, -0.25) is 0 Å². The van der Waals surface area contributed by atoms with Gasteiger partial charge in [-0.1, -0.05) is 17.3 Å². The van der Waals surface area contributed by atoms with E-state index >= 15 is 0 Å². The fourth-order valence-electron chi connectivity index (χ4n) is 0.682. The average Bonchev–Trinajstić information content (AvgIpc) is 2.04. The molecule has 0 heterocycles. The predicted octanol–water partition coefficient (Wildman–Crippen LogP) is 2.36. The number of nitrogens with zero attached hydrogens (tertiary/aromatic N) is 1. The summed E-state index contributed by atoms with van der Waals surface area (Å²) in [6.07, 6.45) is 0. The summed E-state index contributed by atoms with van der Waals surface area (Å²) in [4.78, 5) is 0. The van der Waals surface area contributed by atoms with Crippen LogP contribution in [0.5, 0.6) is 0 Å². The third kappa shape index (κ3) is 1.77. The third-order valence-corrected chi connectivity index (χ3v) is 1.77. The van der Waals surface area contributed by atoms with Crippen molar-refractivity contribution in [1.29, 1.82) is 0 Å². The molecule has 0 atom stereocenters. The highest BCUT2D eigenvalue weighted by atomic mass is 79.9. The van der Waals surface area contributed by atoms with Crippen LogP contribution in [-0.4, -0.2) is 9.83 Å². The van der Waals surface area contributed by atoms with Gasteiger partial charge in [0.25, 0.3) is 0 Å². The van der Waals surface area contributed by atoms with E-state index in [-0.39, 0.29) is 10.2 Å². The molecule has 1 aromatic carbocycles. The van der Waals surface area contributed by atoms with Crippen molar-refractivity contribution in [3.8, 4) is 0 Å². The fourth-order valence-corrected chi connectivity index (χ4v) is 1.00. The fraction of sp³-hybridized carbons (Fsp3) is 0. The maximum absolute atomic E-state index is 12.8. The summed E-state index contributed by atoms with van der Waals surface area (Å²) >= 11 is 2.90. The van der Waals surface area contributed by atoms with E-state index in [0.717, 1.165) is 0 Å². The van der Waals surface area contributed by atoms with Crippen molar-refractivity contribution < 1.29 is 9.60 Å². The molecule has 0 aromatic heterocycles. The van der Waals surface area contributed by atoms with E-state index in [9.17, 15) is 4.39 Å². The molecule has 0 amide bonds. The molecule has 0 bridgehead atoms. The first-order valence-electron chi connectivity index (χ1n) is 2.88. The Bertz CT molecular complexity index is 288. The SMILES string of the molecule is ON=C(Br)c1ccccc1F. The van der Waals surface area contributed by atoms with Gasteiger partial charge in [0.1, 0.15) is 5.82 Å². The molecule has 0 saturated carbocycles. The Morgan fingerprint density at radius 3 is 2.64 bits per heavy atom. The minimum Gasteiger partial charge on any atom is -0.410 e. The Balaban J connectivity index is 3.14. The quantitative estimate of drug-likeness (QED) is 0.438. The van der Waals surface area contributed by atoms with Crippen LogP contribution in [0.3, 0.4) is 0 Å². The summed E-state index contributed by atoms with van der Waals surface area (Å²) in [5.74, 6) is -0.419. The van der Waals surface area contributed by atoms with Gasteiger partial charge in [-0.2, -0.15) is 0 Å². The Morgan fingerprint density at radius 1 is 1.45 bits per heavy atom. The second kappa shape index (κ2) is 3.48. The van der Waals surface area contributed by atoms with Gasteiger partial charge in [0, 0.05) is 5.56 Å². The van der Waals surface area contributed by atoms with E-state index < -0.39 is 5.82 Å². The van der Waals surface area contributed by atoms with Crippen LogP contribution in [0.4, 0.5) is 4.39 Å². The number of rotatable bonds is 1. The number of hydrogen-bond donors (Lipinski definition) is 1. The zero-order chi connectivity index (χ0) is 8.27. The number of hydrogen-bond acceptors (Lipinski definition) is 2. The second-order valence-electron chi connectivity index (χ2n) is 1.87. The van der Waals surface area contributed by atoms with Crippen LogP contribution in [-0.2, 0) is 0 Å². The Hall–Kier alpha value is -0.900. The van der Waals surface area contributed by atoms with Gasteiger partial charge in [-0.25, -0.2) is 4.39 Å². The molecule has 1 aromatic rings. The van der Waals surface area contributed by atoms with Crippen LogP contribution < -0.4 is 0 Å². The van der Waals surface area contributed by atoms with Gasteiger partial charge < -0.3 is 5.21 Å². The molecule has 0 aliphatic heterocycles. The molecule has 0 aliphatic carbocycles. The molecule has 0 aliphatic rings. The zero-order valence-electron chi connectivity index (χ0n) is 5.46. The van der Waals surface area contributed by atoms with Crippen LogP contribution in [0, 0.1) is 5.82 Å². The molecule has 0 saturated heterocycles. The van der Waals surface area contributed by atoms with Crippen LogP contribution in [0.1, 0.15) is 5.56 Å². The lowest BCUT2D eigenvalue weighted by Crippen LogP contribution is -1.93. The van der Waals surface area contributed by atoms with E-state index in [1.807, 2.05) is 0 Å². The smallest absolute Gasteiger partial charge is 0.155 e. The first kappa shape index (κ1) is 8.20. The molecule has 2 nitrogen and oxygen atoms in total. The number of benzene rings is 1. The summed E-state index contributed by atoms with van der Waals surface area (Å²) in [7, 11) is 0. The van der Waals surface area contributed by atoms with Crippen LogP contribution in [0.15, 0.2) is 29.4 Å². The maximum atomic E-state index is 12.8. The lowest BCUT2D eigenvalue weighted by atomic mass is 10.2. The molecular formula is C7H5BrFNO. The van der Waals surface area contributed by atoms with Gasteiger partial charge in [0.05, 0.1) is 0 Å². The Kier molecular flexibility index (Phi) is 2.59. The van der Waals surface area contributed by atoms with Gasteiger partial charge in [0.15, 0.2) is 4.62 Å². The largest absolute Gasteiger partial charge is 0.410 e. The summed E-state index contributed by atoms with van der Waals surface area (Å²) < 4.78 is 12.9. The van der Waals surface area contributed by atoms with Crippen molar-refractivity contribution in [3.63, 3.8) is 0 Å². The van der Waals surface area contributed by atoms with E-state index in [4.69, 9.17) is 5.21 Å². The first-order chi connectivity index (χ1) is 5.25. The number of oxime groups is 1. The standard InChI is InChI=1S/C7H5BrFNO/c8-7(10-11)5-3-1-2-4-6(5)9/h1-4,11H. The molecule has 0 fully saturated rings. The lowest BCUT2D eigenvalue weighted by Gasteiger charge is -1.96.